The minimum Gasteiger partial charge on any atom is -0.504 e. The molecule has 0 radical (unpaired) electrons. The van der Waals surface area contributed by atoms with Gasteiger partial charge in [0.2, 0.25) is 10.0 Å². The van der Waals surface area contributed by atoms with Crippen LogP contribution in [0.5, 0.6) is 11.5 Å². The van der Waals surface area contributed by atoms with Crippen molar-refractivity contribution in [2.45, 2.75) is 11.5 Å². The normalized spacial score (nSPS) is 11.6. The average Bonchev–Trinajstić information content (AvgIpc) is 2.48. The molecule has 7 heteroatoms. The molecule has 0 aliphatic heterocycles. The molecule has 2 aromatic rings. The number of benzene rings is 2. The Hall–Kier alpha value is -1.57. The van der Waals surface area contributed by atoms with E-state index in [0.717, 1.165) is 9.87 Å². The van der Waals surface area contributed by atoms with Crippen LogP contribution in [-0.2, 0) is 16.6 Å². The largest absolute Gasteiger partial charge is 0.504 e. The third-order valence-corrected chi connectivity index (χ3v) is 5.78. The molecule has 5 nitrogen and oxygen atoms in total. The number of nitrogens with zero attached hydrogens (tertiary/aromatic N) is 1. The molecule has 22 heavy (non-hydrogen) atoms. The summed E-state index contributed by atoms with van der Waals surface area (Å²) in [7, 11) is -0.785. The van der Waals surface area contributed by atoms with E-state index >= 15 is 0 Å². The minimum atomic E-state index is -3.64. The Labute approximate surface area is 138 Å². The fourth-order valence-corrected chi connectivity index (χ4v) is 3.67. The number of hydrogen-bond acceptors (Lipinski definition) is 4. The van der Waals surface area contributed by atoms with E-state index in [1.807, 2.05) is 30.3 Å². The molecule has 0 amide bonds. The lowest BCUT2D eigenvalue weighted by molar-refractivity contribution is 0.288. The Kier molecular flexibility index (Phi) is 5.10. The van der Waals surface area contributed by atoms with Gasteiger partial charge in [-0.05, 0) is 27.6 Å². The highest BCUT2D eigenvalue weighted by molar-refractivity contribution is 9.10. The van der Waals surface area contributed by atoms with Crippen LogP contribution >= 0.6 is 15.9 Å². The van der Waals surface area contributed by atoms with Crippen molar-refractivity contribution in [3.05, 3.63) is 52.5 Å². The van der Waals surface area contributed by atoms with Crippen LogP contribution in [0.1, 0.15) is 5.56 Å². The summed E-state index contributed by atoms with van der Waals surface area (Å²) in [4.78, 5) is -0.0120. The molecule has 1 N–H and O–H groups in total. The van der Waals surface area contributed by atoms with E-state index in [-0.39, 0.29) is 23.0 Å². The average molecular weight is 386 g/mol. The van der Waals surface area contributed by atoms with Crippen LogP contribution in [0, 0.1) is 0 Å². The van der Waals surface area contributed by atoms with Crippen molar-refractivity contribution in [1.29, 1.82) is 0 Å². The first-order chi connectivity index (χ1) is 10.3. The Morgan fingerprint density at radius 2 is 1.82 bits per heavy atom. The molecule has 2 rings (SSSR count). The molecule has 0 fully saturated rings. The SMILES string of the molecule is CN(C)S(=O)(=O)c1cc(O)c(OCc2ccccc2)cc1Br. The molecule has 0 unspecified atom stereocenters. The maximum Gasteiger partial charge on any atom is 0.243 e. The van der Waals surface area contributed by atoms with Crippen LogP contribution in [0.4, 0.5) is 0 Å². The van der Waals surface area contributed by atoms with Gasteiger partial charge in [0.25, 0.3) is 0 Å². The van der Waals surface area contributed by atoms with Gasteiger partial charge in [0, 0.05) is 24.6 Å². The van der Waals surface area contributed by atoms with E-state index < -0.39 is 10.0 Å². The fraction of sp³-hybridized carbons (Fsp3) is 0.200. The zero-order valence-electron chi connectivity index (χ0n) is 12.2. The molecule has 2 aromatic carbocycles. The molecule has 0 spiro atoms. The molecule has 0 bridgehead atoms. The van der Waals surface area contributed by atoms with Crippen LogP contribution in [0.15, 0.2) is 51.8 Å². The highest BCUT2D eigenvalue weighted by Gasteiger charge is 2.23. The molecular formula is C15H16BrNO4S. The first-order valence-corrected chi connectivity index (χ1v) is 8.67. The van der Waals surface area contributed by atoms with E-state index in [4.69, 9.17) is 4.74 Å². The van der Waals surface area contributed by atoms with Crippen molar-refractivity contribution in [2.24, 2.45) is 0 Å². The van der Waals surface area contributed by atoms with Gasteiger partial charge in [0.05, 0.1) is 0 Å². The summed E-state index contributed by atoms with van der Waals surface area (Å²) < 4.78 is 31.2. The summed E-state index contributed by atoms with van der Waals surface area (Å²) in [6, 6.07) is 12.1. The van der Waals surface area contributed by atoms with Crippen LogP contribution < -0.4 is 4.74 Å². The number of sulfonamides is 1. The van der Waals surface area contributed by atoms with Crippen LogP contribution in [-0.4, -0.2) is 31.9 Å². The highest BCUT2D eigenvalue weighted by Crippen LogP contribution is 2.36. The predicted molar refractivity (Wildman–Crippen MR) is 87.5 cm³/mol. The molecule has 0 aliphatic carbocycles. The lowest BCUT2D eigenvalue weighted by atomic mass is 10.2. The number of halogens is 1. The van der Waals surface area contributed by atoms with Gasteiger partial charge in [0.15, 0.2) is 11.5 Å². The van der Waals surface area contributed by atoms with E-state index in [2.05, 4.69) is 15.9 Å². The standard InChI is InChI=1S/C15H16BrNO4S/c1-17(2)22(19,20)15-9-13(18)14(8-12(15)16)21-10-11-6-4-3-5-7-11/h3-9,18H,10H2,1-2H3. The topological polar surface area (TPSA) is 66.8 Å². The quantitative estimate of drug-likeness (QED) is 0.858. The lowest BCUT2D eigenvalue weighted by Gasteiger charge is -2.15. The summed E-state index contributed by atoms with van der Waals surface area (Å²) in [5, 5.41) is 10.0. The summed E-state index contributed by atoms with van der Waals surface area (Å²) in [6.07, 6.45) is 0. The Morgan fingerprint density at radius 3 is 2.41 bits per heavy atom. The number of ether oxygens (including phenoxy) is 1. The van der Waals surface area contributed by atoms with Crippen LogP contribution in [0.25, 0.3) is 0 Å². The molecule has 0 aliphatic rings. The third kappa shape index (κ3) is 3.60. The summed E-state index contributed by atoms with van der Waals surface area (Å²) in [6.45, 7) is 0.278. The third-order valence-electron chi connectivity index (χ3n) is 3.01. The van der Waals surface area contributed by atoms with Crippen LogP contribution in [0.2, 0.25) is 0 Å². The van der Waals surface area contributed by atoms with Crippen LogP contribution in [0.3, 0.4) is 0 Å². The second-order valence-electron chi connectivity index (χ2n) is 4.81. The van der Waals surface area contributed by atoms with Gasteiger partial charge in [0.1, 0.15) is 11.5 Å². The fourth-order valence-electron chi connectivity index (χ4n) is 1.77. The predicted octanol–water partition coefficient (Wildman–Crippen LogP) is 2.98. The summed E-state index contributed by atoms with van der Waals surface area (Å²) in [5.41, 5.74) is 0.947. The molecule has 0 aromatic heterocycles. The molecule has 0 atom stereocenters. The number of aromatic hydroxyl groups is 1. The lowest BCUT2D eigenvalue weighted by Crippen LogP contribution is -2.22. The van der Waals surface area contributed by atoms with Gasteiger partial charge in [-0.15, -0.1) is 0 Å². The zero-order chi connectivity index (χ0) is 16.3. The molecule has 0 saturated heterocycles. The zero-order valence-corrected chi connectivity index (χ0v) is 14.6. The highest BCUT2D eigenvalue weighted by atomic mass is 79.9. The maximum absolute atomic E-state index is 12.1. The smallest absolute Gasteiger partial charge is 0.243 e. The molecule has 0 saturated carbocycles. The Morgan fingerprint density at radius 1 is 1.18 bits per heavy atom. The number of phenolic OH excluding ortho intramolecular Hbond substituents is 1. The molecule has 0 heterocycles. The summed E-state index contributed by atoms with van der Waals surface area (Å²) in [5.74, 6) is -0.00649. The van der Waals surface area contributed by atoms with Crippen molar-refractivity contribution >= 4 is 26.0 Å². The second-order valence-corrected chi connectivity index (χ2v) is 7.79. The van der Waals surface area contributed by atoms with E-state index in [0.29, 0.717) is 4.47 Å². The van der Waals surface area contributed by atoms with Gasteiger partial charge < -0.3 is 9.84 Å². The second kappa shape index (κ2) is 6.68. The van der Waals surface area contributed by atoms with Crippen molar-refractivity contribution in [2.75, 3.05) is 14.1 Å². The Balaban J connectivity index is 2.27. The monoisotopic (exact) mass is 385 g/mol. The first kappa shape index (κ1) is 16.8. The van der Waals surface area contributed by atoms with E-state index in [9.17, 15) is 13.5 Å². The maximum atomic E-state index is 12.1. The van der Waals surface area contributed by atoms with Crippen molar-refractivity contribution in [3.63, 3.8) is 0 Å². The Bertz CT molecular complexity index is 761. The van der Waals surface area contributed by atoms with Gasteiger partial charge >= 0.3 is 0 Å². The van der Waals surface area contributed by atoms with Crippen molar-refractivity contribution in [1.82, 2.24) is 4.31 Å². The van der Waals surface area contributed by atoms with Crippen molar-refractivity contribution in [3.8, 4) is 11.5 Å². The number of phenols is 1. The van der Waals surface area contributed by atoms with Gasteiger partial charge in [-0.3, -0.25) is 0 Å². The van der Waals surface area contributed by atoms with Gasteiger partial charge in [-0.2, -0.15) is 0 Å². The summed E-state index contributed by atoms with van der Waals surface area (Å²) >= 11 is 3.21. The van der Waals surface area contributed by atoms with E-state index in [1.54, 1.807) is 0 Å². The van der Waals surface area contributed by atoms with E-state index in [1.165, 1.54) is 26.2 Å². The van der Waals surface area contributed by atoms with Gasteiger partial charge in [-0.25, -0.2) is 12.7 Å². The van der Waals surface area contributed by atoms with Gasteiger partial charge in [-0.1, -0.05) is 30.3 Å². The first-order valence-electron chi connectivity index (χ1n) is 6.44. The number of hydrogen-bond donors (Lipinski definition) is 1. The molecular weight excluding hydrogens is 370 g/mol. The van der Waals surface area contributed by atoms with Crippen molar-refractivity contribution < 1.29 is 18.3 Å². The molecule has 118 valence electrons. The number of rotatable bonds is 5. The minimum absolute atomic E-state index is 0.0120.